The highest BCUT2D eigenvalue weighted by Gasteiger charge is 2.20. The first-order valence-corrected chi connectivity index (χ1v) is 5.94. The van der Waals surface area contributed by atoms with Crippen LogP contribution in [0.3, 0.4) is 0 Å². The van der Waals surface area contributed by atoms with Crippen molar-refractivity contribution in [2.24, 2.45) is 0 Å². The van der Waals surface area contributed by atoms with Gasteiger partial charge in [-0.05, 0) is 39.8 Å². The number of benzene rings is 1. The van der Waals surface area contributed by atoms with Crippen molar-refractivity contribution in [3.63, 3.8) is 0 Å². The van der Waals surface area contributed by atoms with Crippen LogP contribution in [0.4, 0.5) is 11.4 Å². The molecule has 5 heteroatoms. The fraction of sp³-hybridized carbons (Fsp3) is 0.462. The average Bonchev–Trinajstić information content (AvgIpc) is 2.28. The Morgan fingerprint density at radius 1 is 1.44 bits per heavy atom. The van der Waals surface area contributed by atoms with Gasteiger partial charge < -0.3 is 4.90 Å². The molecule has 5 nitrogen and oxygen atoms in total. The van der Waals surface area contributed by atoms with Gasteiger partial charge in [-0.1, -0.05) is 0 Å². The summed E-state index contributed by atoms with van der Waals surface area (Å²) < 4.78 is 0. The van der Waals surface area contributed by atoms with Gasteiger partial charge in [-0.25, -0.2) is 0 Å². The molecule has 1 aromatic carbocycles. The van der Waals surface area contributed by atoms with E-state index in [1.807, 2.05) is 25.7 Å². The summed E-state index contributed by atoms with van der Waals surface area (Å²) in [6.07, 6.45) is 0. The number of hydrogen-bond acceptors (Lipinski definition) is 4. The molecule has 0 atom stereocenters. The highest BCUT2D eigenvalue weighted by Crippen LogP contribution is 2.27. The standard InChI is InChI=1S/C13H18N2O3/c1-5-14(9(2)3)11-6-7-12(10(4)16)13(8-11)15(17)18/h6-9H,5H2,1-4H3. The summed E-state index contributed by atoms with van der Waals surface area (Å²) in [7, 11) is 0. The zero-order valence-corrected chi connectivity index (χ0v) is 11.1. The summed E-state index contributed by atoms with van der Waals surface area (Å²) in [5.41, 5.74) is 0.798. The van der Waals surface area contributed by atoms with Crippen LogP contribution < -0.4 is 4.90 Å². The van der Waals surface area contributed by atoms with Crippen LogP contribution in [0.1, 0.15) is 38.1 Å². The zero-order valence-electron chi connectivity index (χ0n) is 11.1. The lowest BCUT2D eigenvalue weighted by atomic mass is 10.1. The van der Waals surface area contributed by atoms with Gasteiger partial charge in [0.15, 0.2) is 5.78 Å². The summed E-state index contributed by atoms with van der Waals surface area (Å²) in [5, 5.41) is 11.0. The molecule has 0 fully saturated rings. The largest absolute Gasteiger partial charge is 0.369 e. The summed E-state index contributed by atoms with van der Waals surface area (Å²) in [5.74, 6) is -0.291. The fourth-order valence-corrected chi connectivity index (χ4v) is 1.99. The van der Waals surface area contributed by atoms with Crippen LogP contribution in [0.5, 0.6) is 0 Å². The monoisotopic (exact) mass is 250 g/mol. The Bertz CT molecular complexity index is 469. The lowest BCUT2D eigenvalue weighted by molar-refractivity contribution is -0.385. The van der Waals surface area contributed by atoms with Crippen LogP contribution >= 0.6 is 0 Å². The first-order valence-electron chi connectivity index (χ1n) is 5.94. The fourth-order valence-electron chi connectivity index (χ4n) is 1.99. The van der Waals surface area contributed by atoms with E-state index < -0.39 is 4.92 Å². The van der Waals surface area contributed by atoms with Crippen LogP contribution in [0.15, 0.2) is 18.2 Å². The van der Waals surface area contributed by atoms with Gasteiger partial charge >= 0.3 is 0 Å². The first kappa shape index (κ1) is 14.2. The Morgan fingerprint density at radius 3 is 2.44 bits per heavy atom. The zero-order chi connectivity index (χ0) is 13.9. The average molecular weight is 250 g/mol. The number of carbonyl (C=O) groups is 1. The number of nitrogens with zero attached hydrogens (tertiary/aromatic N) is 2. The predicted octanol–water partition coefficient (Wildman–Crippen LogP) is 3.03. The van der Waals surface area contributed by atoms with Crippen molar-refractivity contribution in [1.29, 1.82) is 0 Å². The Kier molecular flexibility index (Phi) is 4.42. The van der Waals surface area contributed by atoms with E-state index in [1.54, 1.807) is 6.07 Å². The molecule has 0 bridgehead atoms. The van der Waals surface area contributed by atoms with E-state index in [-0.39, 0.29) is 23.1 Å². The first-order chi connectivity index (χ1) is 8.38. The molecule has 98 valence electrons. The maximum Gasteiger partial charge on any atom is 0.282 e. The van der Waals surface area contributed by atoms with Gasteiger partial charge in [0, 0.05) is 24.3 Å². The molecule has 0 unspecified atom stereocenters. The van der Waals surface area contributed by atoms with Crippen molar-refractivity contribution in [3.8, 4) is 0 Å². The lowest BCUT2D eigenvalue weighted by Crippen LogP contribution is -2.30. The van der Waals surface area contributed by atoms with Crippen LogP contribution in [0.2, 0.25) is 0 Å². The summed E-state index contributed by atoms with van der Waals surface area (Å²) in [4.78, 5) is 23.9. The van der Waals surface area contributed by atoms with Crippen molar-refractivity contribution >= 4 is 17.2 Å². The summed E-state index contributed by atoms with van der Waals surface area (Å²) >= 11 is 0. The van der Waals surface area contributed by atoms with Gasteiger partial charge in [-0.15, -0.1) is 0 Å². The van der Waals surface area contributed by atoms with Crippen LogP contribution in [-0.2, 0) is 0 Å². The number of nitro groups is 1. The van der Waals surface area contributed by atoms with Crippen LogP contribution in [0.25, 0.3) is 0 Å². The number of rotatable bonds is 5. The highest BCUT2D eigenvalue weighted by molar-refractivity contribution is 5.98. The molecule has 0 aromatic heterocycles. The van der Waals surface area contributed by atoms with Gasteiger partial charge in [-0.3, -0.25) is 14.9 Å². The third kappa shape index (κ3) is 2.85. The van der Waals surface area contributed by atoms with Crippen LogP contribution in [-0.4, -0.2) is 23.3 Å². The van der Waals surface area contributed by atoms with E-state index in [1.165, 1.54) is 19.1 Å². The second-order valence-electron chi connectivity index (χ2n) is 4.39. The van der Waals surface area contributed by atoms with Gasteiger partial charge in [-0.2, -0.15) is 0 Å². The normalized spacial score (nSPS) is 10.5. The molecule has 0 spiro atoms. The summed E-state index contributed by atoms with van der Waals surface area (Å²) in [6, 6.07) is 5.01. The minimum absolute atomic E-state index is 0.126. The van der Waals surface area contributed by atoms with Crippen LogP contribution in [0, 0.1) is 10.1 Å². The SMILES string of the molecule is CCN(c1ccc(C(C)=O)c([N+](=O)[O-])c1)C(C)C. The molecule has 0 amide bonds. The third-order valence-electron chi connectivity index (χ3n) is 2.85. The van der Waals surface area contributed by atoms with Gasteiger partial charge in [0.25, 0.3) is 5.69 Å². The molecule has 0 saturated carbocycles. The van der Waals surface area contributed by atoms with E-state index in [0.717, 1.165) is 12.2 Å². The van der Waals surface area contributed by atoms with Gasteiger partial charge in [0.2, 0.25) is 0 Å². The number of carbonyl (C=O) groups excluding carboxylic acids is 1. The van der Waals surface area contributed by atoms with Crippen molar-refractivity contribution in [2.75, 3.05) is 11.4 Å². The highest BCUT2D eigenvalue weighted by atomic mass is 16.6. The number of ketones is 1. The smallest absolute Gasteiger partial charge is 0.282 e. The predicted molar refractivity (Wildman–Crippen MR) is 71.3 cm³/mol. The molecule has 0 aliphatic heterocycles. The molecular weight excluding hydrogens is 232 g/mol. The number of hydrogen-bond donors (Lipinski definition) is 0. The maximum absolute atomic E-state index is 11.3. The molecule has 0 aliphatic rings. The summed E-state index contributed by atoms with van der Waals surface area (Å²) in [6.45, 7) is 8.13. The van der Waals surface area contributed by atoms with E-state index in [4.69, 9.17) is 0 Å². The molecule has 1 rings (SSSR count). The number of anilines is 1. The Balaban J connectivity index is 3.30. The van der Waals surface area contributed by atoms with Crippen molar-refractivity contribution < 1.29 is 9.72 Å². The minimum Gasteiger partial charge on any atom is -0.369 e. The third-order valence-corrected chi connectivity index (χ3v) is 2.85. The molecule has 0 radical (unpaired) electrons. The molecular formula is C13H18N2O3. The Morgan fingerprint density at radius 2 is 2.06 bits per heavy atom. The second kappa shape index (κ2) is 5.62. The molecule has 0 N–H and O–H groups in total. The van der Waals surface area contributed by atoms with Gasteiger partial charge in [0.1, 0.15) is 0 Å². The van der Waals surface area contributed by atoms with Gasteiger partial charge in [0.05, 0.1) is 10.5 Å². The van der Waals surface area contributed by atoms with Crippen molar-refractivity contribution in [1.82, 2.24) is 0 Å². The number of Topliss-reactive ketones (excluding diaryl/α,β-unsaturated/α-hetero) is 1. The lowest BCUT2D eigenvalue weighted by Gasteiger charge is -2.27. The molecule has 18 heavy (non-hydrogen) atoms. The van der Waals surface area contributed by atoms with E-state index in [2.05, 4.69) is 0 Å². The van der Waals surface area contributed by atoms with E-state index >= 15 is 0 Å². The molecule has 0 heterocycles. The van der Waals surface area contributed by atoms with Crippen molar-refractivity contribution in [2.45, 2.75) is 33.7 Å². The quantitative estimate of drug-likeness (QED) is 0.457. The van der Waals surface area contributed by atoms with E-state index in [0.29, 0.717) is 0 Å². The second-order valence-corrected chi connectivity index (χ2v) is 4.39. The maximum atomic E-state index is 11.3. The Hall–Kier alpha value is -1.91. The number of nitro benzene ring substituents is 1. The minimum atomic E-state index is -0.506. The van der Waals surface area contributed by atoms with E-state index in [9.17, 15) is 14.9 Å². The molecule has 0 aliphatic carbocycles. The topological polar surface area (TPSA) is 63.5 Å². The van der Waals surface area contributed by atoms with Crippen molar-refractivity contribution in [3.05, 3.63) is 33.9 Å². The molecule has 1 aromatic rings. The molecule has 0 saturated heterocycles. The Labute approximate surface area is 107 Å².